The summed E-state index contributed by atoms with van der Waals surface area (Å²) in [6.07, 6.45) is 6.37. The van der Waals surface area contributed by atoms with E-state index in [1.807, 2.05) is 18.2 Å². The third-order valence-electron chi connectivity index (χ3n) is 4.68. The van der Waals surface area contributed by atoms with E-state index in [2.05, 4.69) is 15.6 Å². The van der Waals surface area contributed by atoms with Crippen LogP contribution in [0.3, 0.4) is 0 Å². The van der Waals surface area contributed by atoms with Crippen molar-refractivity contribution in [1.82, 2.24) is 5.32 Å². The van der Waals surface area contributed by atoms with Gasteiger partial charge >= 0.3 is 0 Å². The van der Waals surface area contributed by atoms with E-state index in [9.17, 15) is 4.79 Å². The van der Waals surface area contributed by atoms with E-state index in [0.717, 1.165) is 17.9 Å². The van der Waals surface area contributed by atoms with Crippen molar-refractivity contribution in [1.29, 1.82) is 0 Å². The largest absolute Gasteiger partial charge is 0.490 e. The van der Waals surface area contributed by atoms with Crippen LogP contribution in [0, 0.1) is 5.92 Å². The summed E-state index contributed by atoms with van der Waals surface area (Å²) in [6, 6.07) is 5.59. The predicted octanol–water partition coefficient (Wildman–Crippen LogP) is 2.27. The van der Waals surface area contributed by atoms with Gasteiger partial charge in [0.1, 0.15) is 0 Å². The average molecular weight is 360 g/mol. The third kappa shape index (κ3) is 5.54. The summed E-state index contributed by atoms with van der Waals surface area (Å²) in [4.78, 5) is 16.1. The van der Waals surface area contributed by atoms with Crippen LogP contribution < -0.4 is 25.8 Å². The molecule has 1 fully saturated rings. The molecule has 142 valence electrons. The molecule has 0 saturated heterocycles. The molecule has 0 unspecified atom stereocenters. The summed E-state index contributed by atoms with van der Waals surface area (Å²) in [5.74, 6) is 2.43. The van der Waals surface area contributed by atoms with E-state index in [1.165, 1.54) is 25.7 Å². The van der Waals surface area contributed by atoms with Crippen molar-refractivity contribution < 1.29 is 14.3 Å². The normalized spacial score (nSPS) is 17.6. The van der Waals surface area contributed by atoms with Gasteiger partial charge in [0.25, 0.3) is 0 Å². The number of nitrogens with two attached hydrogens (primary N) is 1. The number of rotatable bonds is 6. The van der Waals surface area contributed by atoms with Gasteiger partial charge in [0, 0.05) is 31.1 Å². The standard InChI is InChI=1S/C19H28N4O3/c20-19(22-9-8-21-18(24)12-14-4-1-2-5-14)23-15-6-7-16-17(13-15)26-11-3-10-25-16/h6-7,13-14H,1-5,8-12H2,(H,21,24)(H3,20,22,23). The highest BCUT2D eigenvalue weighted by atomic mass is 16.5. The maximum absolute atomic E-state index is 11.9. The number of ether oxygens (including phenoxy) is 2. The number of hydrogen-bond acceptors (Lipinski definition) is 4. The van der Waals surface area contributed by atoms with Crippen LogP contribution in [0.5, 0.6) is 11.5 Å². The van der Waals surface area contributed by atoms with E-state index in [4.69, 9.17) is 15.2 Å². The van der Waals surface area contributed by atoms with Crippen LogP contribution in [0.2, 0.25) is 0 Å². The second-order valence-corrected chi connectivity index (χ2v) is 6.81. The minimum atomic E-state index is 0.113. The Morgan fingerprint density at radius 1 is 1.15 bits per heavy atom. The highest BCUT2D eigenvalue weighted by molar-refractivity contribution is 5.92. The first-order valence-electron chi connectivity index (χ1n) is 9.44. The first kappa shape index (κ1) is 18.4. The lowest BCUT2D eigenvalue weighted by molar-refractivity contribution is -0.121. The van der Waals surface area contributed by atoms with Crippen molar-refractivity contribution in [2.45, 2.75) is 38.5 Å². The van der Waals surface area contributed by atoms with E-state index < -0.39 is 0 Å². The number of amides is 1. The predicted molar refractivity (Wildman–Crippen MR) is 102 cm³/mol. The lowest BCUT2D eigenvalue weighted by Crippen LogP contribution is -2.29. The molecule has 7 nitrogen and oxygen atoms in total. The Balaban J connectivity index is 1.40. The summed E-state index contributed by atoms with van der Waals surface area (Å²) < 4.78 is 11.3. The monoisotopic (exact) mass is 360 g/mol. The van der Waals surface area contributed by atoms with Crippen LogP contribution in [0.25, 0.3) is 0 Å². The van der Waals surface area contributed by atoms with Crippen molar-refractivity contribution in [3.8, 4) is 11.5 Å². The molecule has 3 rings (SSSR count). The maximum atomic E-state index is 11.9. The molecule has 1 aliphatic carbocycles. The van der Waals surface area contributed by atoms with Crippen molar-refractivity contribution in [3.05, 3.63) is 18.2 Å². The molecule has 26 heavy (non-hydrogen) atoms. The van der Waals surface area contributed by atoms with Gasteiger partial charge in [-0.1, -0.05) is 12.8 Å². The molecule has 0 radical (unpaired) electrons. The molecule has 1 saturated carbocycles. The fourth-order valence-corrected chi connectivity index (χ4v) is 3.35. The number of carbonyl (C=O) groups is 1. The summed E-state index contributed by atoms with van der Waals surface area (Å²) in [5.41, 5.74) is 6.71. The van der Waals surface area contributed by atoms with Crippen LogP contribution in [0.1, 0.15) is 38.5 Å². The molecule has 1 heterocycles. The molecule has 7 heteroatoms. The Labute approximate surface area is 154 Å². The first-order chi connectivity index (χ1) is 12.7. The molecule has 1 aromatic carbocycles. The molecule has 0 spiro atoms. The smallest absolute Gasteiger partial charge is 0.220 e. The Morgan fingerprint density at radius 2 is 1.92 bits per heavy atom. The maximum Gasteiger partial charge on any atom is 0.220 e. The first-order valence-corrected chi connectivity index (χ1v) is 9.44. The second-order valence-electron chi connectivity index (χ2n) is 6.81. The zero-order valence-electron chi connectivity index (χ0n) is 15.1. The molecule has 2 aliphatic rings. The highest BCUT2D eigenvalue weighted by Crippen LogP contribution is 2.32. The molecule has 0 atom stereocenters. The van der Waals surface area contributed by atoms with Gasteiger partial charge in [0.05, 0.1) is 19.8 Å². The number of nitrogens with zero attached hydrogens (tertiary/aromatic N) is 1. The molecular weight excluding hydrogens is 332 g/mol. The van der Waals surface area contributed by atoms with Gasteiger partial charge in [-0.15, -0.1) is 0 Å². The summed E-state index contributed by atoms with van der Waals surface area (Å²) in [5, 5.41) is 5.95. The fraction of sp³-hybridized carbons (Fsp3) is 0.579. The van der Waals surface area contributed by atoms with E-state index >= 15 is 0 Å². The van der Waals surface area contributed by atoms with Crippen molar-refractivity contribution in [3.63, 3.8) is 0 Å². The van der Waals surface area contributed by atoms with Gasteiger partial charge in [0.15, 0.2) is 17.5 Å². The Kier molecular flexibility index (Phi) is 6.57. The Morgan fingerprint density at radius 3 is 2.73 bits per heavy atom. The van der Waals surface area contributed by atoms with Gasteiger partial charge in [-0.2, -0.15) is 0 Å². The summed E-state index contributed by atoms with van der Waals surface area (Å²) >= 11 is 0. The van der Waals surface area contributed by atoms with Gasteiger partial charge in [0.2, 0.25) is 5.91 Å². The topological polar surface area (TPSA) is 98.0 Å². The van der Waals surface area contributed by atoms with Crippen LogP contribution in [-0.2, 0) is 4.79 Å². The molecule has 0 bridgehead atoms. The Hall–Kier alpha value is -2.44. The van der Waals surface area contributed by atoms with Crippen LogP contribution in [0.15, 0.2) is 23.2 Å². The van der Waals surface area contributed by atoms with Crippen LogP contribution in [-0.4, -0.2) is 38.2 Å². The van der Waals surface area contributed by atoms with Gasteiger partial charge in [-0.25, -0.2) is 0 Å². The van der Waals surface area contributed by atoms with E-state index in [-0.39, 0.29) is 5.91 Å². The molecular formula is C19H28N4O3. The van der Waals surface area contributed by atoms with Crippen molar-refractivity contribution in [2.24, 2.45) is 16.6 Å². The number of nitrogens with one attached hydrogen (secondary N) is 2. The zero-order valence-corrected chi connectivity index (χ0v) is 15.1. The summed E-state index contributed by atoms with van der Waals surface area (Å²) in [7, 11) is 0. The molecule has 4 N–H and O–H groups in total. The van der Waals surface area contributed by atoms with Gasteiger partial charge in [-0.05, 0) is 30.9 Å². The van der Waals surface area contributed by atoms with Gasteiger partial charge < -0.3 is 25.8 Å². The highest BCUT2D eigenvalue weighted by Gasteiger charge is 2.17. The minimum Gasteiger partial charge on any atom is -0.490 e. The van der Waals surface area contributed by atoms with Gasteiger partial charge in [-0.3, -0.25) is 9.79 Å². The van der Waals surface area contributed by atoms with E-state index in [1.54, 1.807) is 0 Å². The van der Waals surface area contributed by atoms with Crippen molar-refractivity contribution in [2.75, 3.05) is 31.6 Å². The molecule has 0 aromatic heterocycles. The second kappa shape index (κ2) is 9.31. The van der Waals surface area contributed by atoms with Crippen LogP contribution >= 0.6 is 0 Å². The molecule has 1 aromatic rings. The number of aliphatic imine (C=N–C) groups is 1. The van der Waals surface area contributed by atoms with Crippen molar-refractivity contribution >= 4 is 17.6 Å². The SMILES string of the molecule is NC(=NCCNC(=O)CC1CCCC1)Nc1ccc2c(c1)OCCCO2. The third-order valence-corrected chi connectivity index (χ3v) is 4.68. The molecule has 1 aliphatic heterocycles. The molecule has 1 amide bonds. The zero-order chi connectivity index (χ0) is 18.2. The Bertz CT molecular complexity index is 642. The minimum absolute atomic E-state index is 0.113. The fourth-order valence-electron chi connectivity index (χ4n) is 3.35. The van der Waals surface area contributed by atoms with Crippen LogP contribution in [0.4, 0.5) is 5.69 Å². The number of carbonyl (C=O) groups excluding carboxylic acids is 1. The average Bonchev–Trinajstić information content (AvgIpc) is 3.01. The lowest BCUT2D eigenvalue weighted by Gasteiger charge is -2.11. The number of fused-ring (bicyclic) bond motifs is 1. The lowest BCUT2D eigenvalue weighted by atomic mass is 10.0. The quantitative estimate of drug-likeness (QED) is 0.411. The van der Waals surface area contributed by atoms with E-state index in [0.29, 0.717) is 50.4 Å². The summed E-state index contributed by atoms with van der Waals surface area (Å²) in [6.45, 7) is 2.24. The number of guanidine groups is 1. The number of anilines is 1. The number of benzene rings is 1. The number of hydrogen-bond donors (Lipinski definition) is 3.